The van der Waals surface area contributed by atoms with Gasteiger partial charge in [0.1, 0.15) is 0 Å². The lowest BCUT2D eigenvalue weighted by Crippen LogP contribution is -2.64. The van der Waals surface area contributed by atoms with Crippen LogP contribution in [0, 0.1) is 0 Å². The number of hydrogen-bond acceptors (Lipinski definition) is 3. The molecule has 1 unspecified atom stereocenters. The number of halogens is 2. The quantitative estimate of drug-likeness (QED) is 0.125. The zero-order chi connectivity index (χ0) is 22.2. The minimum atomic E-state index is -2.99. The lowest BCUT2D eigenvalue weighted by Gasteiger charge is -2.46. The van der Waals surface area contributed by atoms with Crippen LogP contribution in [0.1, 0.15) is 51.9 Å². The average Bonchev–Trinajstić information content (AvgIpc) is 2.39. The van der Waals surface area contributed by atoms with Crippen LogP contribution in [0.25, 0.3) is 0 Å². The molecule has 0 aliphatic rings. The van der Waals surface area contributed by atoms with Crippen molar-refractivity contribution >= 4 is 63.3 Å². The SMILES string of the molecule is CCCCCCCCC([SiH](Cl)Cl)[Si](O[Si](C)(C)C)(O[Si](C)(C)C)O[Si](C)(C)C. The highest BCUT2D eigenvalue weighted by Crippen LogP contribution is 2.41. The summed E-state index contributed by atoms with van der Waals surface area (Å²) in [7, 11) is -10.7. The molecule has 0 amide bonds. The topological polar surface area (TPSA) is 27.7 Å². The molecule has 28 heavy (non-hydrogen) atoms. The molecule has 0 N–H and O–H groups in total. The summed E-state index contributed by atoms with van der Waals surface area (Å²) >= 11 is 13.4. The van der Waals surface area contributed by atoms with E-state index < -0.39 is 41.2 Å². The standard InChI is InChI=1S/C18H46Cl2O3Si5/c1-11-12-13-14-15-16-17-18(24(19)20)28(21-25(2,3)4,22-26(5,6)7)23-27(8,9)10/h18,24H,11-17H2,1-10H3. The van der Waals surface area contributed by atoms with Crippen molar-refractivity contribution in [3.8, 4) is 0 Å². The van der Waals surface area contributed by atoms with E-state index in [2.05, 4.69) is 65.8 Å². The van der Waals surface area contributed by atoms with Crippen LogP contribution in [0.15, 0.2) is 0 Å². The molecule has 0 heterocycles. The first-order valence-electron chi connectivity index (χ1n) is 10.9. The van der Waals surface area contributed by atoms with Gasteiger partial charge in [0.2, 0.25) is 7.42 Å². The third-order valence-corrected chi connectivity index (χ3v) is 22.2. The average molecular weight is 522 g/mol. The van der Waals surface area contributed by atoms with E-state index in [4.69, 9.17) is 34.5 Å². The molecule has 0 aromatic rings. The van der Waals surface area contributed by atoms with Crippen LogP contribution in [0.4, 0.5) is 0 Å². The first-order chi connectivity index (χ1) is 12.5. The molecule has 0 aromatic heterocycles. The van der Waals surface area contributed by atoms with Gasteiger partial charge in [0, 0.05) is 5.16 Å². The van der Waals surface area contributed by atoms with Crippen molar-refractivity contribution in [2.24, 2.45) is 0 Å². The molecule has 0 aromatic carbocycles. The van der Waals surface area contributed by atoms with Crippen molar-refractivity contribution in [3.05, 3.63) is 0 Å². The summed E-state index contributed by atoms with van der Waals surface area (Å²) in [6, 6.07) is 0. The second-order valence-corrected chi connectivity index (χ2v) is 33.4. The molecule has 0 fully saturated rings. The van der Waals surface area contributed by atoms with E-state index >= 15 is 0 Å². The van der Waals surface area contributed by atoms with E-state index in [9.17, 15) is 0 Å². The van der Waals surface area contributed by atoms with Crippen molar-refractivity contribution in [1.82, 2.24) is 0 Å². The predicted molar refractivity (Wildman–Crippen MR) is 140 cm³/mol. The largest absolute Gasteiger partial charge is 0.472 e. The molecule has 0 rings (SSSR count). The zero-order valence-corrected chi connectivity index (χ0v) is 26.8. The van der Waals surface area contributed by atoms with Crippen molar-refractivity contribution in [2.45, 2.75) is 116 Å². The second kappa shape index (κ2) is 12.5. The van der Waals surface area contributed by atoms with Crippen LogP contribution < -0.4 is 0 Å². The van der Waals surface area contributed by atoms with Crippen LogP contribution in [0.5, 0.6) is 0 Å². The van der Waals surface area contributed by atoms with E-state index in [0.29, 0.717) is 0 Å². The number of unbranched alkanes of at least 4 members (excludes halogenated alkanes) is 5. The maximum atomic E-state index is 6.87. The first-order valence-corrected chi connectivity index (χ1v) is 27.1. The summed E-state index contributed by atoms with van der Waals surface area (Å²) in [4.78, 5) is 0. The fraction of sp³-hybridized carbons (Fsp3) is 1.00. The smallest absolute Gasteiger partial charge is 0.417 e. The molecule has 0 bridgehead atoms. The molecular weight excluding hydrogens is 476 g/mol. The number of rotatable bonds is 15. The van der Waals surface area contributed by atoms with Gasteiger partial charge in [0.15, 0.2) is 25.0 Å². The lowest BCUT2D eigenvalue weighted by molar-refractivity contribution is 0.243. The van der Waals surface area contributed by atoms with Gasteiger partial charge in [-0.2, -0.15) is 22.2 Å². The van der Waals surface area contributed by atoms with Crippen LogP contribution in [0.2, 0.25) is 64.1 Å². The Kier molecular flexibility index (Phi) is 13.2. The molecule has 0 saturated heterocycles. The molecule has 170 valence electrons. The zero-order valence-electron chi connectivity index (χ0n) is 20.1. The van der Waals surface area contributed by atoms with E-state index in [1.165, 1.54) is 32.1 Å². The van der Waals surface area contributed by atoms with E-state index in [0.717, 1.165) is 12.8 Å². The van der Waals surface area contributed by atoms with Gasteiger partial charge >= 0.3 is 8.80 Å². The van der Waals surface area contributed by atoms with Gasteiger partial charge in [0.25, 0.3) is 0 Å². The maximum Gasteiger partial charge on any atom is 0.472 e. The summed E-state index contributed by atoms with van der Waals surface area (Å²) in [6.07, 6.45) is 8.52. The van der Waals surface area contributed by atoms with Gasteiger partial charge in [-0.05, 0) is 65.3 Å². The fourth-order valence-corrected chi connectivity index (χ4v) is 24.5. The van der Waals surface area contributed by atoms with Crippen LogP contribution in [-0.4, -0.2) is 41.2 Å². The number of hydrogen-bond donors (Lipinski definition) is 0. The van der Waals surface area contributed by atoms with Crippen molar-refractivity contribution in [1.29, 1.82) is 0 Å². The van der Waals surface area contributed by atoms with Gasteiger partial charge in [-0.3, -0.25) is 0 Å². The second-order valence-electron chi connectivity index (χ2n) is 10.7. The highest BCUT2D eigenvalue weighted by atomic mass is 35.7. The molecule has 3 nitrogen and oxygen atoms in total. The summed E-state index contributed by atoms with van der Waals surface area (Å²) in [5.41, 5.74) is 0. The minimum Gasteiger partial charge on any atom is -0.417 e. The summed E-state index contributed by atoms with van der Waals surface area (Å²) in [5.74, 6) is 0. The van der Waals surface area contributed by atoms with Crippen LogP contribution >= 0.6 is 22.2 Å². The van der Waals surface area contributed by atoms with Crippen LogP contribution in [-0.2, 0) is 12.3 Å². The highest BCUT2D eigenvalue weighted by Gasteiger charge is 2.57. The molecule has 1 atom stereocenters. The molecule has 0 spiro atoms. The van der Waals surface area contributed by atoms with Crippen molar-refractivity contribution < 1.29 is 12.3 Å². The Hall–Kier alpha value is 1.54. The Morgan fingerprint density at radius 3 is 1.32 bits per heavy atom. The summed E-state index contributed by atoms with van der Waals surface area (Å²) in [6.45, 7) is 22.2. The summed E-state index contributed by atoms with van der Waals surface area (Å²) < 4.78 is 20.6. The molecule has 0 aliphatic carbocycles. The predicted octanol–water partition coefficient (Wildman–Crippen LogP) is 7.84. The van der Waals surface area contributed by atoms with Gasteiger partial charge < -0.3 is 12.3 Å². The minimum absolute atomic E-state index is 0.0761. The molecule has 10 heteroatoms. The molecule has 0 aliphatic heterocycles. The maximum absolute atomic E-state index is 6.87. The normalized spacial score (nSPS) is 15.3. The molecule has 0 saturated carbocycles. The molecular formula is C18H46Cl2O3Si5. The Morgan fingerprint density at radius 2 is 1.00 bits per heavy atom. The van der Waals surface area contributed by atoms with E-state index in [-0.39, 0.29) is 5.16 Å². The van der Waals surface area contributed by atoms with Crippen molar-refractivity contribution in [3.63, 3.8) is 0 Å². The highest BCUT2D eigenvalue weighted by molar-refractivity contribution is 7.37. The molecule has 0 radical (unpaired) electrons. The lowest BCUT2D eigenvalue weighted by atomic mass is 10.1. The van der Waals surface area contributed by atoms with Gasteiger partial charge in [0.05, 0.1) is 0 Å². The van der Waals surface area contributed by atoms with Crippen molar-refractivity contribution in [2.75, 3.05) is 0 Å². The van der Waals surface area contributed by atoms with Gasteiger partial charge in [-0.1, -0.05) is 45.4 Å². The Bertz CT molecular complexity index is 394. The first kappa shape index (κ1) is 29.5. The van der Waals surface area contributed by atoms with E-state index in [1.807, 2.05) is 0 Å². The summed E-state index contributed by atoms with van der Waals surface area (Å²) in [5, 5.41) is 0.0761. The monoisotopic (exact) mass is 520 g/mol. The Balaban J connectivity index is 5.73. The third-order valence-electron chi connectivity index (χ3n) is 3.97. The van der Waals surface area contributed by atoms with Gasteiger partial charge in [-0.25, -0.2) is 0 Å². The Labute approximate surface area is 191 Å². The fourth-order valence-electron chi connectivity index (χ4n) is 3.17. The van der Waals surface area contributed by atoms with E-state index in [1.54, 1.807) is 0 Å². The van der Waals surface area contributed by atoms with Gasteiger partial charge in [-0.15, -0.1) is 0 Å². The third kappa shape index (κ3) is 13.8. The van der Waals surface area contributed by atoms with Crippen LogP contribution in [0.3, 0.4) is 0 Å². The Morgan fingerprint density at radius 1 is 0.643 bits per heavy atom.